The summed E-state index contributed by atoms with van der Waals surface area (Å²) in [6, 6.07) is 0. The lowest BCUT2D eigenvalue weighted by molar-refractivity contribution is -0.224. The molecule has 198 valence electrons. The van der Waals surface area contributed by atoms with Crippen LogP contribution in [0.2, 0.25) is 0 Å². The first-order chi connectivity index (χ1) is 16.7. The van der Waals surface area contributed by atoms with Crippen molar-refractivity contribution < 1.29 is 14.3 Å². The molecule has 0 aromatic heterocycles. The maximum atomic E-state index is 13.4. The van der Waals surface area contributed by atoms with E-state index in [0.717, 1.165) is 51.4 Å². The third-order valence-corrected chi connectivity index (χ3v) is 13.4. The van der Waals surface area contributed by atoms with E-state index in [4.69, 9.17) is 11.3 Å². The average Bonchev–Trinajstić information content (AvgIpc) is 3.22. The number of methoxy groups -OCH3 is 1. The minimum Gasteiger partial charge on any atom is -0.469 e. The second-order valence-corrected chi connectivity index (χ2v) is 14.8. The van der Waals surface area contributed by atoms with Crippen LogP contribution in [0.4, 0.5) is 0 Å². The molecule has 0 N–H and O–H groups in total. The number of Topliss-reactive ketones (excluding diaryl/α,β-unsaturated/α-hetero) is 1. The first kappa shape index (κ1) is 26.0. The Balaban J connectivity index is 1.61. The molecule has 9 atom stereocenters. The van der Waals surface area contributed by atoms with Crippen molar-refractivity contribution in [1.29, 1.82) is 0 Å². The molecular formula is C32H47NO3. The number of carbonyl (C=O) groups excluding carboxylic acids is 2. The predicted octanol–water partition coefficient (Wildman–Crippen LogP) is 7.49. The summed E-state index contributed by atoms with van der Waals surface area (Å²) >= 11 is 0. The first-order valence-electron chi connectivity index (χ1n) is 14.5. The molecular weight excluding hydrogens is 446 g/mol. The van der Waals surface area contributed by atoms with Crippen LogP contribution in [0.5, 0.6) is 0 Å². The lowest BCUT2D eigenvalue weighted by Crippen LogP contribution is -2.66. The Hall–Kier alpha value is -1.63. The third kappa shape index (κ3) is 2.92. The number of fused-ring (bicyclic) bond motifs is 7. The maximum absolute atomic E-state index is 13.4. The van der Waals surface area contributed by atoms with Gasteiger partial charge in [-0.15, -0.1) is 0 Å². The normalized spacial score (nSPS) is 49.2. The molecule has 0 aliphatic heterocycles. The number of nitrogens with zero attached hydrogens (tertiary/aromatic N) is 1. The average molecular weight is 494 g/mol. The molecule has 0 spiro atoms. The van der Waals surface area contributed by atoms with Crippen molar-refractivity contribution in [3.05, 3.63) is 23.2 Å². The molecule has 4 heteroatoms. The van der Waals surface area contributed by atoms with Crippen LogP contribution in [0.3, 0.4) is 0 Å². The van der Waals surface area contributed by atoms with Crippen molar-refractivity contribution in [1.82, 2.24) is 0 Å². The van der Waals surface area contributed by atoms with Gasteiger partial charge in [0, 0.05) is 5.41 Å². The van der Waals surface area contributed by atoms with Crippen LogP contribution in [0.1, 0.15) is 99.8 Å². The van der Waals surface area contributed by atoms with Gasteiger partial charge >= 0.3 is 5.97 Å². The van der Waals surface area contributed by atoms with E-state index in [-0.39, 0.29) is 39.3 Å². The molecule has 36 heavy (non-hydrogen) atoms. The molecule has 4 saturated carbocycles. The van der Waals surface area contributed by atoms with Gasteiger partial charge in [-0.1, -0.05) is 54.5 Å². The van der Waals surface area contributed by atoms with E-state index in [1.54, 1.807) is 7.11 Å². The molecule has 5 rings (SSSR count). The fourth-order valence-corrected chi connectivity index (χ4v) is 11.5. The molecule has 0 heterocycles. The molecule has 5 aliphatic carbocycles. The highest BCUT2D eigenvalue weighted by Gasteiger charge is 2.72. The minimum absolute atomic E-state index is 0.0368. The molecule has 0 aromatic rings. The maximum Gasteiger partial charge on any atom is 0.312 e. The topological polar surface area (TPSA) is 47.7 Å². The van der Waals surface area contributed by atoms with Crippen LogP contribution >= 0.6 is 0 Å². The van der Waals surface area contributed by atoms with E-state index in [2.05, 4.69) is 59.4 Å². The van der Waals surface area contributed by atoms with Crippen molar-refractivity contribution in [2.24, 2.45) is 62.6 Å². The molecule has 0 amide bonds. The largest absolute Gasteiger partial charge is 0.469 e. The van der Waals surface area contributed by atoms with Crippen LogP contribution in [-0.2, 0) is 14.3 Å². The fraction of sp³-hybridized carbons (Fsp3) is 0.844. The summed E-state index contributed by atoms with van der Waals surface area (Å²) < 4.78 is 5.50. The fourth-order valence-electron chi connectivity index (χ4n) is 11.5. The van der Waals surface area contributed by atoms with Gasteiger partial charge in [-0.05, 0) is 103 Å². The van der Waals surface area contributed by atoms with Gasteiger partial charge in [-0.3, -0.25) is 4.79 Å². The minimum atomic E-state index is -0.497. The molecule has 0 saturated heterocycles. The van der Waals surface area contributed by atoms with E-state index in [1.807, 2.05) is 0 Å². The van der Waals surface area contributed by atoms with Gasteiger partial charge < -0.3 is 9.53 Å². The lowest BCUT2D eigenvalue weighted by Gasteiger charge is -2.71. The first-order valence-corrected chi connectivity index (χ1v) is 14.5. The second-order valence-electron chi connectivity index (χ2n) is 14.8. The third-order valence-electron chi connectivity index (χ3n) is 13.4. The summed E-state index contributed by atoms with van der Waals surface area (Å²) in [4.78, 5) is 30.4. The van der Waals surface area contributed by atoms with Crippen LogP contribution in [-0.4, -0.2) is 18.9 Å². The van der Waals surface area contributed by atoms with Gasteiger partial charge in [-0.2, -0.15) is 0 Å². The molecule has 4 fully saturated rings. The number of allylic oxidation sites excluding steroid dienone is 2. The van der Waals surface area contributed by atoms with E-state index >= 15 is 0 Å². The van der Waals surface area contributed by atoms with Gasteiger partial charge in [0.05, 0.1) is 19.1 Å². The van der Waals surface area contributed by atoms with Gasteiger partial charge in [-0.25, -0.2) is 4.85 Å². The number of ether oxygens (including phenoxy) is 1. The summed E-state index contributed by atoms with van der Waals surface area (Å²) in [5.41, 5.74) is -0.339. The van der Waals surface area contributed by atoms with Crippen molar-refractivity contribution in [2.45, 2.75) is 99.8 Å². The smallest absolute Gasteiger partial charge is 0.312 e. The zero-order valence-electron chi connectivity index (χ0n) is 23.9. The summed E-state index contributed by atoms with van der Waals surface area (Å²) in [6.07, 6.45) is 10.7. The van der Waals surface area contributed by atoms with Crippen LogP contribution in [0, 0.1) is 69.2 Å². The Morgan fingerprint density at radius 3 is 2.28 bits per heavy atom. The molecule has 8 unspecified atom stereocenters. The standard InChI is InChI=1S/C32H47NO3/c1-19(2)20-12-15-32(27(35)36-9)17-16-30(6)21(25(20)32)10-11-24-29(5)18-22(33-8)26(34)28(3,4)23(29)13-14-31(24,30)7/h18-21,23-25H,10-17H2,1-7,9H3/t20?,21?,23?,24?,25?,29?,30-,31?,32?/m1/s1. The number of ketones is 1. The highest BCUT2D eigenvalue weighted by atomic mass is 16.5. The number of hydrogen-bond acceptors (Lipinski definition) is 3. The van der Waals surface area contributed by atoms with Crippen molar-refractivity contribution in [3.63, 3.8) is 0 Å². The Kier molecular flexibility index (Phi) is 5.73. The molecule has 0 bridgehead atoms. The zero-order valence-corrected chi connectivity index (χ0v) is 23.9. The van der Waals surface area contributed by atoms with Gasteiger partial charge in [0.1, 0.15) is 0 Å². The van der Waals surface area contributed by atoms with Gasteiger partial charge in [0.15, 0.2) is 5.78 Å². The predicted molar refractivity (Wildman–Crippen MR) is 141 cm³/mol. The van der Waals surface area contributed by atoms with Gasteiger partial charge in [0.2, 0.25) is 5.70 Å². The van der Waals surface area contributed by atoms with E-state index in [0.29, 0.717) is 35.3 Å². The Morgan fingerprint density at radius 1 is 0.972 bits per heavy atom. The van der Waals surface area contributed by atoms with Crippen LogP contribution < -0.4 is 0 Å². The van der Waals surface area contributed by atoms with Crippen molar-refractivity contribution in [3.8, 4) is 0 Å². The van der Waals surface area contributed by atoms with Crippen molar-refractivity contribution >= 4 is 11.8 Å². The molecule has 4 nitrogen and oxygen atoms in total. The molecule has 5 aliphatic rings. The van der Waals surface area contributed by atoms with E-state index < -0.39 is 5.41 Å². The van der Waals surface area contributed by atoms with E-state index in [9.17, 15) is 9.59 Å². The second kappa shape index (κ2) is 7.94. The number of carbonyl (C=O) groups is 2. The SMILES string of the molecule is [C-]#[N+]C1=CC2(C)C(CCC3(C)C2CCC2C4C(C(C)C)CCC4(C(=O)OC)CC[C@]23C)C(C)(C)C1=O. The summed E-state index contributed by atoms with van der Waals surface area (Å²) in [5, 5.41) is 0. The Morgan fingerprint density at radius 2 is 1.67 bits per heavy atom. The monoisotopic (exact) mass is 493 g/mol. The molecule has 0 radical (unpaired) electrons. The Labute approximate surface area is 218 Å². The van der Waals surface area contributed by atoms with Crippen molar-refractivity contribution in [2.75, 3.05) is 7.11 Å². The summed E-state index contributed by atoms with van der Waals surface area (Å²) in [6.45, 7) is 24.1. The van der Waals surface area contributed by atoms with E-state index in [1.165, 1.54) is 0 Å². The number of esters is 1. The quantitative estimate of drug-likeness (QED) is 0.296. The van der Waals surface area contributed by atoms with Crippen LogP contribution in [0.25, 0.3) is 4.85 Å². The number of hydrogen-bond donors (Lipinski definition) is 0. The van der Waals surface area contributed by atoms with Gasteiger partial charge in [0.25, 0.3) is 0 Å². The zero-order chi connectivity index (χ0) is 26.5. The summed E-state index contributed by atoms with van der Waals surface area (Å²) in [5.74, 6) is 2.84. The number of rotatable bonds is 2. The lowest BCUT2D eigenvalue weighted by atomic mass is 9.33. The summed E-state index contributed by atoms with van der Waals surface area (Å²) in [7, 11) is 1.58. The Bertz CT molecular complexity index is 1050. The molecule has 0 aromatic carbocycles. The highest BCUT2D eigenvalue weighted by molar-refractivity contribution is 6.02. The highest BCUT2D eigenvalue weighted by Crippen LogP contribution is 2.77. The van der Waals surface area contributed by atoms with Crippen LogP contribution in [0.15, 0.2) is 11.8 Å².